The van der Waals surface area contributed by atoms with Gasteiger partial charge in [-0.05, 0) is 59.0 Å². The Morgan fingerprint density at radius 2 is 1.60 bits per heavy atom. The summed E-state index contributed by atoms with van der Waals surface area (Å²) in [5.41, 5.74) is 3.81. The number of methoxy groups -OCH3 is 1. The van der Waals surface area contributed by atoms with Crippen LogP contribution in [0.25, 0.3) is 10.8 Å². The highest BCUT2D eigenvalue weighted by atomic mass is 32.2. The largest absolute Gasteiger partial charge is 0.492 e. The van der Waals surface area contributed by atoms with Crippen LogP contribution in [0, 0.1) is 0 Å². The first kappa shape index (κ1) is 38.1. The third-order valence-electron chi connectivity index (χ3n) is 8.20. The molecule has 5 aromatic rings. The van der Waals surface area contributed by atoms with Crippen molar-refractivity contribution in [3.05, 3.63) is 102 Å². The standard InChI is InChI=1S/C38H44N5O7PS/c1-38(2,3)25-21-31(36(49-6)32(22-25)42-52(8,47)48)41-37(44)40-30-14-15-34(29-12-10-9-11-28(29)30)50-27-17-18-39-26(23-27)19-24-13-16-35(51(7,45)46)33(20-24)43(4)5/h9-18,20-23,42H,19H2,1-8H3,(H,45,46)(H2,40,41,44). The average molecular weight is 746 g/mol. The van der Waals surface area contributed by atoms with E-state index in [0.29, 0.717) is 40.3 Å². The smallest absolute Gasteiger partial charge is 0.323 e. The molecule has 0 spiro atoms. The van der Waals surface area contributed by atoms with Crippen molar-refractivity contribution in [2.45, 2.75) is 32.6 Å². The number of nitrogens with zero attached hydrogens (tertiary/aromatic N) is 2. The zero-order valence-electron chi connectivity index (χ0n) is 30.4. The second kappa shape index (κ2) is 14.9. The molecule has 0 saturated heterocycles. The fourth-order valence-electron chi connectivity index (χ4n) is 5.74. The van der Waals surface area contributed by atoms with Crippen molar-refractivity contribution in [3.8, 4) is 17.2 Å². The Balaban J connectivity index is 1.39. The highest BCUT2D eigenvalue weighted by molar-refractivity contribution is 7.92. The maximum Gasteiger partial charge on any atom is 0.323 e. The van der Waals surface area contributed by atoms with Crippen LogP contribution in [0.3, 0.4) is 0 Å². The van der Waals surface area contributed by atoms with E-state index in [1.807, 2.05) is 82.2 Å². The summed E-state index contributed by atoms with van der Waals surface area (Å²) in [6.07, 6.45) is 3.20. The van der Waals surface area contributed by atoms with Crippen LogP contribution in [-0.2, 0) is 26.4 Å². The van der Waals surface area contributed by atoms with Gasteiger partial charge in [0.15, 0.2) is 5.75 Å². The van der Waals surface area contributed by atoms with Gasteiger partial charge in [0.2, 0.25) is 17.4 Å². The van der Waals surface area contributed by atoms with Gasteiger partial charge in [0, 0.05) is 61.6 Å². The van der Waals surface area contributed by atoms with Crippen LogP contribution < -0.4 is 35.0 Å². The number of hydrogen-bond donors (Lipinski definition) is 4. The summed E-state index contributed by atoms with van der Waals surface area (Å²) < 4.78 is 51.1. The van der Waals surface area contributed by atoms with Crippen molar-refractivity contribution in [1.29, 1.82) is 0 Å². The minimum atomic E-state index is -3.64. The minimum absolute atomic E-state index is 0.172. The molecule has 1 aromatic heterocycles. The van der Waals surface area contributed by atoms with Crippen LogP contribution in [0.5, 0.6) is 17.2 Å². The van der Waals surface area contributed by atoms with Gasteiger partial charge in [-0.25, -0.2) is 13.2 Å². The Morgan fingerprint density at radius 1 is 0.923 bits per heavy atom. The van der Waals surface area contributed by atoms with Crippen LogP contribution in [0.15, 0.2) is 85.1 Å². The molecule has 0 saturated carbocycles. The molecule has 0 aliphatic carbocycles. The quantitative estimate of drug-likeness (QED) is 0.100. The van der Waals surface area contributed by atoms with Gasteiger partial charge in [0.1, 0.15) is 11.5 Å². The maximum absolute atomic E-state index is 13.5. The molecule has 14 heteroatoms. The summed E-state index contributed by atoms with van der Waals surface area (Å²) >= 11 is 0. The van der Waals surface area contributed by atoms with E-state index < -0.39 is 23.4 Å². The number of amides is 2. The van der Waals surface area contributed by atoms with Crippen LogP contribution in [-0.4, -0.2) is 58.5 Å². The first-order valence-electron chi connectivity index (χ1n) is 16.4. The number of aromatic nitrogens is 1. The fourth-order valence-corrected chi connectivity index (χ4v) is 7.33. The molecule has 1 atom stereocenters. The lowest BCUT2D eigenvalue weighted by atomic mass is 9.86. The van der Waals surface area contributed by atoms with E-state index in [1.54, 1.807) is 42.6 Å². The topological polar surface area (TPSA) is 159 Å². The molecule has 1 unspecified atom stereocenters. The number of carbonyl (C=O) groups excluding carboxylic acids is 1. The first-order valence-corrected chi connectivity index (χ1v) is 20.4. The molecule has 0 bridgehead atoms. The predicted molar refractivity (Wildman–Crippen MR) is 210 cm³/mol. The molecule has 0 fully saturated rings. The van der Waals surface area contributed by atoms with Crippen molar-refractivity contribution in [1.82, 2.24) is 4.98 Å². The van der Waals surface area contributed by atoms with Gasteiger partial charge in [0.05, 0.1) is 35.7 Å². The number of ether oxygens (including phenoxy) is 2. The normalized spacial score (nSPS) is 12.9. The maximum atomic E-state index is 13.5. The number of benzene rings is 4. The molecular weight excluding hydrogens is 701 g/mol. The highest BCUT2D eigenvalue weighted by Gasteiger charge is 2.23. The lowest BCUT2D eigenvalue weighted by Gasteiger charge is -2.24. The monoisotopic (exact) mass is 745 g/mol. The molecule has 4 aromatic carbocycles. The number of urea groups is 1. The number of nitrogens with one attached hydrogen (secondary N) is 3. The third kappa shape index (κ3) is 9.22. The van der Waals surface area contributed by atoms with Crippen LogP contribution in [0.2, 0.25) is 0 Å². The molecule has 274 valence electrons. The zero-order chi connectivity index (χ0) is 38.0. The molecule has 5 rings (SSSR count). The van der Waals surface area contributed by atoms with Gasteiger partial charge < -0.3 is 29.9 Å². The lowest BCUT2D eigenvalue weighted by Crippen LogP contribution is -2.22. The van der Waals surface area contributed by atoms with E-state index in [1.165, 1.54) is 13.8 Å². The Kier molecular flexibility index (Phi) is 10.9. The molecule has 2 amide bonds. The summed E-state index contributed by atoms with van der Waals surface area (Å²) in [6.45, 7) is 7.28. The van der Waals surface area contributed by atoms with Gasteiger partial charge >= 0.3 is 6.03 Å². The van der Waals surface area contributed by atoms with Gasteiger partial charge in [0.25, 0.3) is 0 Å². The molecule has 0 radical (unpaired) electrons. The number of fused-ring (bicyclic) bond motifs is 1. The van der Waals surface area contributed by atoms with Crippen molar-refractivity contribution < 1.29 is 32.1 Å². The molecule has 0 aliphatic rings. The first-order chi connectivity index (χ1) is 24.3. The second-order valence-electron chi connectivity index (χ2n) is 13.8. The number of carbonyl (C=O) groups is 1. The predicted octanol–water partition coefficient (Wildman–Crippen LogP) is 7.53. The third-order valence-corrected chi connectivity index (χ3v) is 10.1. The number of hydrogen-bond acceptors (Lipinski definition) is 8. The molecular formula is C38H44N5O7PS. The molecule has 1 heterocycles. The second-order valence-corrected chi connectivity index (χ2v) is 17.8. The van der Waals surface area contributed by atoms with Crippen molar-refractivity contribution >= 4 is 62.2 Å². The zero-order valence-corrected chi connectivity index (χ0v) is 32.1. The van der Waals surface area contributed by atoms with Crippen LogP contribution in [0.4, 0.5) is 27.5 Å². The summed E-state index contributed by atoms with van der Waals surface area (Å²) in [7, 11) is -2.02. The number of sulfonamides is 1. The van der Waals surface area contributed by atoms with Gasteiger partial charge in [-0.15, -0.1) is 0 Å². The number of pyridine rings is 1. The Morgan fingerprint density at radius 3 is 2.23 bits per heavy atom. The minimum Gasteiger partial charge on any atom is -0.492 e. The van der Waals surface area contributed by atoms with Crippen molar-refractivity contribution in [2.24, 2.45) is 0 Å². The SMILES string of the molecule is COc1c(NC(=O)Nc2ccc(Oc3ccnc(Cc4ccc(P(C)(=O)O)c(N(C)C)c4)c3)c3ccccc23)cc(C(C)(C)C)cc1NS(C)(=O)=O. The summed E-state index contributed by atoms with van der Waals surface area (Å²) in [4.78, 5) is 30.0. The summed E-state index contributed by atoms with van der Waals surface area (Å²) in [6, 6.07) is 23.0. The average Bonchev–Trinajstić information content (AvgIpc) is 3.04. The van der Waals surface area contributed by atoms with Crippen molar-refractivity contribution in [3.63, 3.8) is 0 Å². The molecule has 4 N–H and O–H groups in total. The van der Waals surface area contributed by atoms with E-state index in [9.17, 15) is 22.7 Å². The Labute approximate surface area is 304 Å². The molecule has 0 aliphatic heterocycles. The van der Waals surface area contributed by atoms with E-state index in [2.05, 4.69) is 20.3 Å². The molecule has 52 heavy (non-hydrogen) atoms. The Bertz CT molecular complexity index is 2300. The lowest BCUT2D eigenvalue weighted by molar-refractivity contribution is 0.262. The molecule has 12 nitrogen and oxygen atoms in total. The highest BCUT2D eigenvalue weighted by Crippen LogP contribution is 2.41. The van der Waals surface area contributed by atoms with Crippen molar-refractivity contribution in [2.75, 3.05) is 54.4 Å². The van der Waals surface area contributed by atoms with Gasteiger partial charge in [-0.3, -0.25) is 14.3 Å². The van der Waals surface area contributed by atoms with Crippen LogP contribution in [0.1, 0.15) is 37.6 Å². The number of rotatable bonds is 11. The van der Waals surface area contributed by atoms with Gasteiger partial charge in [-0.2, -0.15) is 0 Å². The van der Waals surface area contributed by atoms with Gasteiger partial charge in [-0.1, -0.05) is 51.1 Å². The van der Waals surface area contributed by atoms with Crippen LogP contribution >= 0.6 is 7.37 Å². The van der Waals surface area contributed by atoms with E-state index in [4.69, 9.17) is 9.47 Å². The van der Waals surface area contributed by atoms with E-state index >= 15 is 0 Å². The van der Waals surface area contributed by atoms with E-state index in [-0.39, 0.29) is 16.9 Å². The summed E-state index contributed by atoms with van der Waals surface area (Å²) in [5, 5.41) is 7.64. The van der Waals surface area contributed by atoms with E-state index in [0.717, 1.165) is 33.8 Å². The fraction of sp³-hybridized carbons (Fsp3) is 0.263. The Hall–Kier alpha value is -5.10. The number of anilines is 4. The summed E-state index contributed by atoms with van der Waals surface area (Å²) in [5.74, 6) is 1.30.